The third-order valence-electron chi connectivity index (χ3n) is 4.82. The van der Waals surface area contributed by atoms with Crippen molar-refractivity contribution in [2.24, 2.45) is 29.6 Å². The third-order valence-corrected chi connectivity index (χ3v) is 4.82. The minimum absolute atomic E-state index is 0.348. The minimum atomic E-state index is 0.348. The predicted octanol–water partition coefficient (Wildman–Crippen LogP) is 3.84. The Bertz CT molecular complexity index is 313. The molecule has 2 aliphatic rings. The van der Waals surface area contributed by atoms with Gasteiger partial charge in [0.1, 0.15) is 0 Å². The predicted molar refractivity (Wildman–Crippen MR) is 67.1 cm³/mol. The first-order chi connectivity index (χ1) is 7.49. The van der Waals surface area contributed by atoms with Gasteiger partial charge in [-0.1, -0.05) is 26.3 Å². The zero-order valence-corrected chi connectivity index (χ0v) is 11.0. The second-order valence-corrected chi connectivity index (χ2v) is 6.28. The fourth-order valence-corrected chi connectivity index (χ4v) is 3.70. The molecule has 0 aromatic carbocycles. The zero-order chi connectivity index (χ0) is 11.9. The van der Waals surface area contributed by atoms with Crippen molar-refractivity contribution in [2.75, 3.05) is 0 Å². The minimum Gasteiger partial charge on any atom is -0.295 e. The van der Waals surface area contributed by atoms with Crippen LogP contribution in [0.5, 0.6) is 0 Å². The van der Waals surface area contributed by atoms with Gasteiger partial charge in [0.15, 0.2) is 5.78 Å². The number of carbonyl (C=O) groups is 1. The second kappa shape index (κ2) is 4.35. The molecule has 1 heteroatoms. The van der Waals surface area contributed by atoms with Crippen molar-refractivity contribution in [3.05, 3.63) is 11.6 Å². The summed E-state index contributed by atoms with van der Waals surface area (Å²) in [5.74, 6) is 4.04. The van der Waals surface area contributed by atoms with Crippen molar-refractivity contribution in [1.29, 1.82) is 0 Å². The first-order valence-electron chi connectivity index (χ1n) is 6.70. The molecule has 2 aliphatic carbocycles. The SMILES string of the molecule is CC1=CC(=O)C[C@@H](C)[C@H]2C[C@H](C(C)C)C[C@@H]12. The van der Waals surface area contributed by atoms with E-state index in [1.54, 1.807) is 0 Å². The number of hydrogen-bond donors (Lipinski definition) is 0. The normalized spacial score (nSPS) is 39.6. The van der Waals surface area contributed by atoms with Gasteiger partial charge in [0.05, 0.1) is 0 Å². The Morgan fingerprint density at radius 1 is 1.31 bits per heavy atom. The molecule has 0 aromatic rings. The van der Waals surface area contributed by atoms with E-state index < -0.39 is 0 Å². The standard InChI is InChI=1S/C15H24O/c1-9(2)12-7-14-10(3)5-13(16)6-11(4)15(14)8-12/h5,9,11-12,14-15H,6-8H2,1-4H3/t11-,12-,14+,15-/m1/s1. The molecule has 16 heavy (non-hydrogen) atoms. The van der Waals surface area contributed by atoms with Crippen LogP contribution in [-0.4, -0.2) is 5.78 Å². The van der Waals surface area contributed by atoms with Crippen molar-refractivity contribution < 1.29 is 4.79 Å². The van der Waals surface area contributed by atoms with Crippen molar-refractivity contribution >= 4 is 5.78 Å². The molecule has 0 amide bonds. The lowest BCUT2D eigenvalue weighted by Gasteiger charge is -2.23. The Balaban J connectivity index is 2.21. The molecule has 0 N–H and O–H groups in total. The molecule has 0 bridgehead atoms. The molecule has 2 rings (SSSR count). The van der Waals surface area contributed by atoms with Crippen molar-refractivity contribution in [3.63, 3.8) is 0 Å². The summed E-state index contributed by atoms with van der Waals surface area (Å²) in [5.41, 5.74) is 1.35. The first kappa shape index (κ1) is 11.9. The molecule has 0 aromatic heterocycles. The highest BCUT2D eigenvalue weighted by atomic mass is 16.1. The second-order valence-electron chi connectivity index (χ2n) is 6.28. The molecule has 1 saturated carbocycles. The van der Waals surface area contributed by atoms with Gasteiger partial charge < -0.3 is 0 Å². The van der Waals surface area contributed by atoms with Crippen LogP contribution in [0.4, 0.5) is 0 Å². The van der Waals surface area contributed by atoms with Crippen molar-refractivity contribution in [1.82, 2.24) is 0 Å². The largest absolute Gasteiger partial charge is 0.295 e. The lowest BCUT2D eigenvalue weighted by molar-refractivity contribution is -0.115. The van der Waals surface area contributed by atoms with E-state index in [1.165, 1.54) is 18.4 Å². The van der Waals surface area contributed by atoms with Crippen LogP contribution in [0, 0.1) is 29.6 Å². The number of fused-ring (bicyclic) bond motifs is 1. The summed E-state index contributed by atoms with van der Waals surface area (Å²) in [5, 5.41) is 0. The van der Waals surface area contributed by atoms with Gasteiger partial charge in [0.2, 0.25) is 0 Å². The Hall–Kier alpha value is -0.590. The number of ketones is 1. The molecule has 0 aliphatic heterocycles. The quantitative estimate of drug-likeness (QED) is 0.656. The van der Waals surface area contributed by atoms with Gasteiger partial charge in [-0.25, -0.2) is 0 Å². The Kier molecular flexibility index (Phi) is 3.23. The molecule has 1 nitrogen and oxygen atoms in total. The van der Waals surface area contributed by atoms with Gasteiger partial charge in [0, 0.05) is 6.42 Å². The summed E-state index contributed by atoms with van der Waals surface area (Å²) in [6.45, 7) is 9.11. The van der Waals surface area contributed by atoms with Crippen LogP contribution in [0.25, 0.3) is 0 Å². The molecule has 0 unspecified atom stereocenters. The lowest BCUT2D eigenvalue weighted by Crippen LogP contribution is -2.16. The van der Waals surface area contributed by atoms with Crippen LogP contribution in [0.3, 0.4) is 0 Å². The summed E-state index contributed by atoms with van der Waals surface area (Å²) in [4.78, 5) is 11.7. The lowest BCUT2D eigenvalue weighted by atomic mass is 9.82. The molecule has 0 spiro atoms. The van der Waals surface area contributed by atoms with Crippen LogP contribution in [0.1, 0.15) is 47.0 Å². The molecule has 0 saturated heterocycles. The highest BCUT2D eigenvalue weighted by Gasteiger charge is 2.40. The molecule has 90 valence electrons. The van der Waals surface area contributed by atoms with Crippen LogP contribution in [0.2, 0.25) is 0 Å². The van der Waals surface area contributed by atoms with E-state index in [4.69, 9.17) is 0 Å². The summed E-state index contributed by atoms with van der Waals surface area (Å²) < 4.78 is 0. The molecular formula is C15H24O. The van der Waals surface area contributed by atoms with Gasteiger partial charge in [-0.15, -0.1) is 0 Å². The Labute approximate surface area is 99.3 Å². The van der Waals surface area contributed by atoms with E-state index >= 15 is 0 Å². The van der Waals surface area contributed by atoms with Gasteiger partial charge in [-0.3, -0.25) is 4.79 Å². The first-order valence-corrected chi connectivity index (χ1v) is 6.70. The van der Waals surface area contributed by atoms with Gasteiger partial charge in [-0.2, -0.15) is 0 Å². The van der Waals surface area contributed by atoms with Gasteiger partial charge in [0.25, 0.3) is 0 Å². The third kappa shape index (κ3) is 2.09. The van der Waals surface area contributed by atoms with E-state index in [9.17, 15) is 4.79 Å². The van der Waals surface area contributed by atoms with Crippen LogP contribution >= 0.6 is 0 Å². The number of carbonyl (C=O) groups excluding carboxylic acids is 1. The average molecular weight is 220 g/mol. The van der Waals surface area contributed by atoms with Crippen LogP contribution in [-0.2, 0) is 4.79 Å². The molecule has 0 heterocycles. The molecule has 0 radical (unpaired) electrons. The van der Waals surface area contributed by atoms with E-state index in [2.05, 4.69) is 27.7 Å². The highest BCUT2D eigenvalue weighted by molar-refractivity contribution is 5.90. The average Bonchev–Trinajstić information content (AvgIpc) is 2.57. The fourth-order valence-electron chi connectivity index (χ4n) is 3.70. The van der Waals surface area contributed by atoms with E-state index in [-0.39, 0.29) is 0 Å². The van der Waals surface area contributed by atoms with E-state index in [1.807, 2.05) is 6.08 Å². The maximum atomic E-state index is 11.7. The zero-order valence-electron chi connectivity index (χ0n) is 11.0. The van der Waals surface area contributed by atoms with E-state index in [0.29, 0.717) is 17.6 Å². The maximum absolute atomic E-state index is 11.7. The van der Waals surface area contributed by atoms with Gasteiger partial charge >= 0.3 is 0 Å². The van der Waals surface area contributed by atoms with Crippen molar-refractivity contribution in [3.8, 4) is 0 Å². The summed E-state index contributed by atoms with van der Waals surface area (Å²) >= 11 is 0. The maximum Gasteiger partial charge on any atom is 0.155 e. The summed E-state index contributed by atoms with van der Waals surface area (Å²) in [7, 11) is 0. The highest BCUT2D eigenvalue weighted by Crippen LogP contribution is 2.48. The smallest absolute Gasteiger partial charge is 0.155 e. The van der Waals surface area contributed by atoms with Crippen LogP contribution < -0.4 is 0 Å². The molecular weight excluding hydrogens is 196 g/mol. The van der Waals surface area contributed by atoms with Crippen LogP contribution in [0.15, 0.2) is 11.6 Å². The topological polar surface area (TPSA) is 17.1 Å². The van der Waals surface area contributed by atoms with Gasteiger partial charge in [-0.05, 0) is 55.4 Å². The fraction of sp³-hybridized carbons (Fsp3) is 0.800. The number of hydrogen-bond acceptors (Lipinski definition) is 1. The summed E-state index contributed by atoms with van der Waals surface area (Å²) in [6, 6.07) is 0. The Morgan fingerprint density at radius 3 is 2.62 bits per heavy atom. The van der Waals surface area contributed by atoms with E-state index in [0.717, 1.165) is 24.2 Å². The Morgan fingerprint density at radius 2 is 2.00 bits per heavy atom. The number of rotatable bonds is 1. The van der Waals surface area contributed by atoms with Crippen molar-refractivity contribution in [2.45, 2.75) is 47.0 Å². The molecule has 1 fully saturated rings. The number of allylic oxidation sites excluding steroid dienone is 2. The molecule has 4 atom stereocenters. The summed E-state index contributed by atoms with van der Waals surface area (Å²) in [6.07, 6.45) is 5.33. The monoisotopic (exact) mass is 220 g/mol.